The van der Waals surface area contributed by atoms with Gasteiger partial charge in [0, 0.05) is 24.2 Å². The van der Waals surface area contributed by atoms with Crippen molar-refractivity contribution < 1.29 is 9.90 Å². The second kappa shape index (κ2) is 4.74. The first-order valence-corrected chi connectivity index (χ1v) is 7.77. The lowest BCUT2D eigenvalue weighted by molar-refractivity contribution is -0.0660. The maximum Gasteiger partial charge on any atom is 0.254 e. The highest BCUT2D eigenvalue weighted by molar-refractivity contribution is 5.95. The molecular weight excluding hydrogens is 282 g/mol. The predicted octanol–water partition coefficient (Wildman–Crippen LogP) is 0.747. The lowest BCUT2D eigenvalue weighted by Gasteiger charge is -2.41. The second-order valence-corrected chi connectivity index (χ2v) is 6.60. The molecule has 22 heavy (non-hydrogen) atoms. The zero-order chi connectivity index (χ0) is 15.3. The Kier molecular flexibility index (Phi) is 2.94. The van der Waals surface area contributed by atoms with E-state index < -0.39 is 5.60 Å². The maximum atomic E-state index is 12.7. The Labute approximate surface area is 127 Å². The van der Waals surface area contributed by atoms with Crippen molar-refractivity contribution in [3.05, 3.63) is 23.9 Å². The van der Waals surface area contributed by atoms with E-state index in [-0.39, 0.29) is 11.8 Å². The largest absolute Gasteiger partial charge is 0.387 e. The van der Waals surface area contributed by atoms with Crippen molar-refractivity contribution in [3.8, 4) is 0 Å². The summed E-state index contributed by atoms with van der Waals surface area (Å²) in [6.45, 7) is 3.06. The van der Waals surface area contributed by atoms with E-state index in [0.717, 1.165) is 12.8 Å². The fraction of sp³-hybridized carbons (Fsp3) is 0.600. The van der Waals surface area contributed by atoms with Gasteiger partial charge in [-0.25, -0.2) is 4.52 Å². The summed E-state index contributed by atoms with van der Waals surface area (Å²) in [5.41, 5.74) is 0.383. The first kappa shape index (κ1) is 13.6. The number of aromatic nitrogens is 4. The molecule has 2 fully saturated rings. The standard InChI is InChI=1S/C15H19N5O2/c1-10-8-19(9-15(10,22)12-3-2-4-12)14(21)11-5-6-20-13(7-11)16-17-18-20/h5-7,10,12,22H,2-4,8-9H2,1H3/t10-,15+/m1/s1. The monoisotopic (exact) mass is 301 g/mol. The number of tetrazole rings is 1. The van der Waals surface area contributed by atoms with Crippen LogP contribution >= 0.6 is 0 Å². The Morgan fingerprint density at radius 2 is 2.27 bits per heavy atom. The number of pyridine rings is 1. The van der Waals surface area contributed by atoms with E-state index in [1.54, 1.807) is 23.2 Å². The quantitative estimate of drug-likeness (QED) is 0.885. The van der Waals surface area contributed by atoms with Crippen LogP contribution in [0.5, 0.6) is 0 Å². The molecule has 116 valence electrons. The number of carbonyl (C=O) groups excluding carboxylic acids is 1. The summed E-state index contributed by atoms with van der Waals surface area (Å²) in [4.78, 5) is 14.5. The molecule has 7 nitrogen and oxygen atoms in total. The molecule has 0 radical (unpaired) electrons. The molecule has 1 aliphatic heterocycles. The number of nitrogens with zero attached hydrogens (tertiary/aromatic N) is 5. The Morgan fingerprint density at radius 3 is 3.00 bits per heavy atom. The van der Waals surface area contributed by atoms with Crippen LogP contribution in [0.1, 0.15) is 36.5 Å². The Hall–Kier alpha value is -2.02. The van der Waals surface area contributed by atoms with Gasteiger partial charge in [-0.05, 0) is 41.3 Å². The molecule has 2 aromatic heterocycles. The normalized spacial score (nSPS) is 29.0. The molecule has 1 saturated carbocycles. The van der Waals surface area contributed by atoms with Crippen LogP contribution in [0.25, 0.3) is 5.65 Å². The van der Waals surface area contributed by atoms with Gasteiger partial charge in [0.15, 0.2) is 5.65 Å². The van der Waals surface area contributed by atoms with E-state index in [4.69, 9.17) is 0 Å². The van der Waals surface area contributed by atoms with Crippen LogP contribution in [-0.2, 0) is 0 Å². The molecule has 1 aliphatic carbocycles. The van der Waals surface area contributed by atoms with Crippen molar-refractivity contribution in [1.29, 1.82) is 0 Å². The zero-order valence-corrected chi connectivity index (χ0v) is 12.5. The molecule has 1 saturated heterocycles. The highest BCUT2D eigenvalue weighted by Crippen LogP contribution is 2.44. The number of hydrogen-bond acceptors (Lipinski definition) is 5. The van der Waals surface area contributed by atoms with E-state index >= 15 is 0 Å². The van der Waals surface area contributed by atoms with Gasteiger partial charge >= 0.3 is 0 Å². The van der Waals surface area contributed by atoms with Crippen molar-refractivity contribution in [2.24, 2.45) is 11.8 Å². The van der Waals surface area contributed by atoms with Crippen LogP contribution in [0.3, 0.4) is 0 Å². The molecule has 2 aliphatic rings. The molecule has 0 bridgehead atoms. The minimum absolute atomic E-state index is 0.0624. The van der Waals surface area contributed by atoms with E-state index in [1.165, 1.54) is 10.9 Å². The number of carbonyl (C=O) groups is 1. The molecule has 1 amide bonds. The number of amides is 1. The first-order valence-electron chi connectivity index (χ1n) is 7.77. The van der Waals surface area contributed by atoms with Gasteiger partial charge in [-0.1, -0.05) is 13.3 Å². The summed E-state index contributed by atoms with van der Waals surface area (Å²) >= 11 is 0. The van der Waals surface area contributed by atoms with E-state index in [1.807, 2.05) is 6.92 Å². The van der Waals surface area contributed by atoms with Crippen molar-refractivity contribution in [2.45, 2.75) is 31.8 Å². The van der Waals surface area contributed by atoms with E-state index in [9.17, 15) is 9.90 Å². The Morgan fingerprint density at radius 1 is 1.45 bits per heavy atom. The lowest BCUT2D eigenvalue weighted by atomic mass is 9.69. The summed E-state index contributed by atoms with van der Waals surface area (Å²) in [5, 5.41) is 22.2. The third-order valence-electron chi connectivity index (χ3n) is 5.34. The molecule has 7 heteroatoms. The summed E-state index contributed by atoms with van der Waals surface area (Å²) in [5.74, 6) is 0.385. The topological polar surface area (TPSA) is 83.6 Å². The third-order valence-corrected chi connectivity index (χ3v) is 5.34. The molecule has 3 heterocycles. The van der Waals surface area contributed by atoms with Crippen LogP contribution in [0, 0.1) is 11.8 Å². The first-order chi connectivity index (χ1) is 10.6. The molecule has 0 aromatic carbocycles. The number of likely N-dealkylation sites (tertiary alicyclic amines) is 1. The zero-order valence-electron chi connectivity index (χ0n) is 12.5. The van der Waals surface area contributed by atoms with Gasteiger partial charge in [0.1, 0.15) is 0 Å². The summed E-state index contributed by atoms with van der Waals surface area (Å²) in [6.07, 6.45) is 5.00. The van der Waals surface area contributed by atoms with Gasteiger partial charge in [0.25, 0.3) is 5.91 Å². The summed E-state index contributed by atoms with van der Waals surface area (Å²) < 4.78 is 1.52. The van der Waals surface area contributed by atoms with Crippen molar-refractivity contribution in [3.63, 3.8) is 0 Å². The smallest absolute Gasteiger partial charge is 0.254 e. The fourth-order valence-electron chi connectivity index (χ4n) is 3.66. The van der Waals surface area contributed by atoms with Gasteiger partial charge < -0.3 is 10.0 Å². The molecule has 0 spiro atoms. The van der Waals surface area contributed by atoms with Crippen molar-refractivity contribution >= 4 is 11.6 Å². The Bertz CT molecular complexity index is 726. The highest BCUT2D eigenvalue weighted by Gasteiger charge is 2.51. The Balaban J connectivity index is 1.57. The van der Waals surface area contributed by atoms with Crippen LogP contribution in [0.15, 0.2) is 18.3 Å². The van der Waals surface area contributed by atoms with E-state index in [0.29, 0.717) is 30.2 Å². The van der Waals surface area contributed by atoms with Gasteiger partial charge in [-0.2, -0.15) is 0 Å². The number of aliphatic hydroxyl groups is 1. The van der Waals surface area contributed by atoms with Crippen LogP contribution in [0.2, 0.25) is 0 Å². The lowest BCUT2D eigenvalue weighted by Crippen LogP contribution is -2.48. The highest BCUT2D eigenvalue weighted by atomic mass is 16.3. The molecule has 2 atom stereocenters. The van der Waals surface area contributed by atoms with Gasteiger partial charge in [-0.15, -0.1) is 5.10 Å². The molecule has 4 rings (SSSR count). The van der Waals surface area contributed by atoms with Crippen molar-refractivity contribution in [1.82, 2.24) is 24.9 Å². The van der Waals surface area contributed by atoms with Crippen LogP contribution in [-0.4, -0.2) is 54.6 Å². The average molecular weight is 301 g/mol. The van der Waals surface area contributed by atoms with Gasteiger partial charge in [-0.3, -0.25) is 4.79 Å². The number of rotatable bonds is 2. The molecule has 1 N–H and O–H groups in total. The van der Waals surface area contributed by atoms with Gasteiger partial charge in [0.2, 0.25) is 0 Å². The predicted molar refractivity (Wildman–Crippen MR) is 78.1 cm³/mol. The van der Waals surface area contributed by atoms with Gasteiger partial charge in [0.05, 0.1) is 12.1 Å². The SMILES string of the molecule is C[C@@H]1CN(C(=O)c2ccn3nnnc3c2)C[C@@]1(O)C1CCC1. The van der Waals surface area contributed by atoms with Crippen LogP contribution in [0.4, 0.5) is 0 Å². The number of hydrogen-bond donors (Lipinski definition) is 1. The third kappa shape index (κ3) is 1.92. The molecular formula is C15H19N5O2. The maximum absolute atomic E-state index is 12.7. The molecule has 2 aromatic rings. The van der Waals surface area contributed by atoms with Crippen molar-refractivity contribution in [2.75, 3.05) is 13.1 Å². The van der Waals surface area contributed by atoms with Crippen LogP contribution < -0.4 is 0 Å². The number of fused-ring (bicyclic) bond motifs is 1. The minimum Gasteiger partial charge on any atom is -0.387 e. The fourth-order valence-corrected chi connectivity index (χ4v) is 3.66. The summed E-state index contributed by atoms with van der Waals surface area (Å²) in [7, 11) is 0. The second-order valence-electron chi connectivity index (χ2n) is 6.60. The average Bonchev–Trinajstić information content (AvgIpc) is 3.01. The van der Waals surface area contributed by atoms with E-state index in [2.05, 4.69) is 15.5 Å². The number of β-amino-alcohol motifs (C(OH)–C–C–N with tert-alkyl or cyclic N) is 1. The summed E-state index contributed by atoms with van der Waals surface area (Å²) in [6, 6.07) is 3.41. The minimum atomic E-state index is -0.728. The molecule has 0 unspecified atom stereocenters.